The molecule has 4 aromatic rings. The van der Waals surface area contributed by atoms with Gasteiger partial charge in [0.1, 0.15) is 5.82 Å². The van der Waals surface area contributed by atoms with Crippen LogP contribution in [0.2, 0.25) is 0 Å². The van der Waals surface area contributed by atoms with E-state index < -0.39 is 0 Å². The highest BCUT2D eigenvalue weighted by Crippen LogP contribution is 2.24. The van der Waals surface area contributed by atoms with E-state index in [1.807, 2.05) is 31.2 Å². The fourth-order valence-corrected chi connectivity index (χ4v) is 3.33. The van der Waals surface area contributed by atoms with Crippen molar-refractivity contribution in [3.63, 3.8) is 0 Å². The maximum Gasteiger partial charge on any atom is 0.214 e. The Morgan fingerprint density at radius 2 is 1.84 bits per heavy atom. The largest absolute Gasteiger partial charge is 0.250 e. The molecule has 6 nitrogen and oxygen atoms in total. The first-order valence-corrected chi connectivity index (χ1v) is 8.58. The van der Waals surface area contributed by atoms with Crippen LogP contribution in [0, 0.1) is 12.7 Å². The Kier molecular flexibility index (Phi) is 4.10. The minimum Gasteiger partial charge on any atom is -0.250 e. The Hall–Kier alpha value is -2.87. The zero-order valence-electron chi connectivity index (χ0n) is 13.3. The molecular formula is C17H13FN6S. The number of nitrogens with zero attached hydrogens (tertiary/aromatic N) is 6. The third-order valence-corrected chi connectivity index (χ3v) is 4.61. The first-order valence-electron chi connectivity index (χ1n) is 7.60. The second-order valence-corrected chi connectivity index (χ2v) is 6.33. The van der Waals surface area contributed by atoms with E-state index in [1.165, 1.54) is 28.6 Å². The van der Waals surface area contributed by atoms with Crippen molar-refractivity contribution in [1.29, 1.82) is 0 Å². The molecule has 8 heteroatoms. The van der Waals surface area contributed by atoms with Gasteiger partial charge in [0.05, 0.1) is 28.1 Å². The van der Waals surface area contributed by atoms with Gasteiger partial charge in [0.2, 0.25) is 5.16 Å². The van der Waals surface area contributed by atoms with Crippen LogP contribution in [-0.2, 0) is 5.75 Å². The molecule has 25 heavy (non-hydrogen) atoms. The number of hydrogen-bond acceptors (Lipinski definition) is 6. The zero-order chi connectivity index (χ0) is 17.2. The van der Waals surface area contributed by atoms with Gasteiger partial charge in [-0.05, 0) is 47.7 Å². The van der Waals surface area contributed by atoms with Crippen LogP contribution in [0.5, 0.6) is 0 Å². The molecule has 0 aliphatic heterocycles. The van der Waals surface area contributed by atoms with Crippen molar-refractivity contribution in [1.82, 2.24) is 30.2 Å². The van der Waals surface area contributed by atoms with Crippen molar-refractivity contribution in [2.75, 3.05) is 0 Å². The lowest BCUT2D eigenvalue weighted by molar-refractivity contribution is 0.623. The third kappa shape index (κ3) is 3.20. The van der Waals surface area contributed by atoms with Gasteiger partial charge in [-0.3, -0.25) is 0 Å². The second-order valence-electron chi connectivity index (χ2n) is 5.39. The van der Waals surface area contributed by atoms with Crippen molar-refractivity contribution in [3.05, 3.63) is 65.7 Å². The van der Waals surface area contributed by atoms with Crippen molar-refractivity contribution >= 4 is 22.8 Å². The second kappa shape index (κ2) is 6.56. The van der Waals surface area contributed by atoms with Crippen molar-refractivity contribution in [2.24, 2.45) is 0 Å². The number of thioether (sulfide) groups is 1. The smallest absolute Gasteiger partial charge is 0.214 e. The molecule has 0 fully saturated rings. The number of aryl methyl sites for hydroxylation is 1. The van der Waals surface area contributed by atoms with E-state index in [1.54, 1.807) is 12.1 Å². The fourth-order valence-electron chi connectivity index (χ4n) is 2.43. The molecule has 4 rings (SSSR count). The van der Waals surface area contributed by atoms with Gasteiger partial charge in [-0.15, -0.1) is 5.10 Å². The minimum absolute atomic E-state index is 0.333. The lowest BCUT2D eigenvalue weighted by Crippen LogP contribution is -2.01. The topological polar surface area (TPSA) is 69.4 Å². The molecule has 124 valence electrons. The molecule has 0 radical (unpaired) electrons. The van der Waals surface area contributed by atoms with Crippen LogP contribution in [0.15, 0.2) is 53.7 Å². The quantitative estimate of drug-likeness (QED) is 0.525. The van der Waals surface area contributed by atoms with Gasteiger partial charge < -0.3 is 0 Å². The predicted octanol–water partition coefficient (Wildman–Crippen LogP) is 3.35. The van der Waals surface area contributed by atoms with Crippen molar-refractivity contribution < 1.29 is 4.39 Å². The van der Waals surface area contributed by atoms with Crippen LogP contribution < -0.4 is 0 Å². The number of aromatic nitrogens is 6. The van der Waals surface area contributed by atoms with Gasteiger partial charge in [-0.2, -0.15) is 4.68 Å². The average molecular weight is 352 g/mol. The van der Waals surface area contributed by atoms with Gasteiger partial charge in [0, 0.05) is 5.75 Å². The number of rotatable bonds is 4. The van der Waals surface area contributed by atoms with E-state index in [0.717, 1.165) is 22.4 Å². The van der Waals surface area contributed by atoms with E-state index in [4.69, 9.17) is 0 Å². The maximum atomic E-state index is 13.4. The highest BCUT2D eigenvalue weighted by atomic mass is 32.2. The minimum atomic E-state index is -0.333. The predicted molar refractivity (Wildman–Crippen MR) is 92.9 cm³/mol. The van der Waals surface area contributed by atoms with Crippen LogP contribution >= 0.6 is 11.8 Å². The first-order chi connectivity index (χ1) is 12.2. The van der Waals surface area contributed by atoms with E-state index >= 15 is 0 Å². The maximum absolute atomic E-state index is 13.4. The SMILES string of the molecule is Cc1nc2ccccc2nc1CSc1nnnn1-c1cccc(F)c1. The molecular weight excluding hydrogens is 339 g/mol. The van der Waals surface area contributed by atoms with Crippen LogP contribution in [0.1, 0.15) is 11.4 Å². The summed E-state index contributed by atoms with van der Waals surface area (Å²) in [5.74, 6) is 0.236. The molecule has 0 atom stereocenters. The van der Waals surface area contributed by atoms with E-state index in [9.17, 15) is 4.39 Å². The fraction of sp³-hybridized carbons (Fsp3) is 0.118. The summed E-state index contributed by atoms with van der Waals surface area (Å²) in [7, 11) is 0. The molecule has 0 N–H and O–H groups in total. The highest BCUT2D eigenvalue weighted by molar-refractivity contribution is 7.98. The van der Waals surface area contributed by atoms with Crippen molar-refractivity contribution in [2.45, 2.75) is 17.8 Å². The molecule has 0 amide bonds. The Labute approximate surface area is 147 Å². The highest BCUT2D eigenvalue weighted by Gasteiger charge is 2.12. The summed E-state index contributed by atoms with van der Waals surface area (Å²) in [6.07, 6.45) is 0. The number of tetrazole rings is 1. The van der Waals surface area contributed by atoms with Gasteiger partial charge in [0.15, 0.2) is 0 Å². The van der Waals surface area contributed by atoms with E-state index in [2.05, 4.69) is 25.5 Å². The molecule has 0 aliphatic carbocycles. The number of hydrogen-bond donors (Lipinski definition) is 0. The van der Waals surface area contributed by atoms with Crippen LogP contribution in [0.4, 0.5) is 4.39 Å². The third-order valence-electron chi connectivity index (χ3n) is 3.67. The molecule has 0 saturated heterocycles. The van der Waals surface area contributed by atoms with E-state index in [0.29, 0.717) is 16.6 Å². The monoisotopic (exact) mass is 352 g/mol. The van der Waals surface area contributed by atoms with Gasteiger partial charge in [-0.25, -0.2) is 14.4 Å². The van der Waals surface area contributed by atoms with Gasteiger partial charge in [-0.1, -0.05) is 30.0 Å². The summed E-state index contributed by atoms with van der Waals surface area (Å²) in [6.45, 7) is 1.94. The van der Waals surface area contributed by atoms with Gasteiger partial charge in [0.25, 0.3) is 0 Å². The summed E-state index contributed by atoms with van der Waals surface area (Å²) >= 11 is 1.43. The van der Waals surface area contributed by atoms with Crippen LogP contribution in [0.3, 0.4) is 0 Å². The van der Waals surface area contributed by atoms with E-state index in [-0.39, 0.29) is 5.82 Å². The normalized spacial score (nSPS) is 11.1. The number of benzene rings is 2. The number of fused-ring (bicyclic) bond motifs is 1. The molecule has 0 bridgehead atoms. The Balaban J connectivity index is 1.60. The molecule has 0 spiro atoms. The summed E-state index contributed by atoms with van der Waals surface area (Å²) in [4.78, 5) is 9.25. The van der Waals surface area contributed by atoms with Crippen LogP contribution in [0.25, 0.3) is 16.7 Å². The summed E-state index contributed by atoms with van der Waals surface area (Å²) < 4.78 is 14.9. The molecule has 2 aromatic carbocycles. The van der Waals surface area contributed by atoms with Gasteiger partial charge >= 0.3 is 0 Å². The Bertz CT molecular complexity index is 1050. The number of para-hydroxylation sites is 2. The lowest BCUT2D eigenvalue weighted by atomic mass is 10.2. The summed E-state index contributed by atoms with van der Waals surface area (Å²) in [6, 6.07) is 13.9. The molecule has 2 aromatic heterocycles. The standard InChI is InChI=1S/C17H13FN6S/c1-11-16(20-15-8-3-2-7-14(15)19-11)10-25-17-21-22-23-24(17)13-6-4-5-12(18)9-13/h2-9H,10H2,1H3. The Morgan fingerprint density at radius 1 is 1.04 bits per heavy atom. The molecule has 0 saturated carbocycles. The van der Waals surface area contributed by atoms with Crippen LogP contribution in [-0.4, -0.2) is 30.2 Å². The molecule has 2 heterocycles. The molecule has 0 aliphatic rings. The first kappa shape index (κ1) is 15.6. The molecule has 0 unspecified atom stereocenters. The van der Waals surface area contributed by atoms with Crippen molar-refractivity contribution in [3.8, 4) is 5.69 Å². The Morgan fingerprint density at radius 3 is 2.64 bits per heavy atom. The lowest BCUT2D eigenvalue weighted by Gasteiger charge is -2.07. The average Bonchev–Trinajstić information content (AvgIpc) is 3.08. The number of halogens is 1. The summed E-state index contributed by atoms with van der Waals surface area (Å²) in [5.41, 5.74) is 4.05. The zero-order valence-corrected chi connectivity index (χ0v) is 14.1. The summed E-state index contributed by atoms with van der Waals surface area (Å²) in [5, 5.41) is 12.2.